The first-order chi connectivity index (χ1) is 19.0. The van der Waals surface area contributed by atoms with Crippen molar-refractivity contribution in [1.82, 2.24) is 20.6 Å². The van der Waals surface area contributed by atoms with E-state index in [9.17, 15) is 14.4 Å². The molecule has 1 aliphatic heterocycles. The van der Waals surface area contributed by atoms with Crippen molar-refractivity contribution >= 4 is 56.5 Å². The highest BCUT2D eigenvalue weighted by molar-refractivity contribution is 7.21. The fourth-order valence-electron chi connectivity index (χ4n) is 4.92. The number of carbonyl (C=O) groups excluding carboxylic acids is 3. The van der Waals surface area contributed by atoms with Gasteiger partial charge in [0.05, 0.1) is 28.1 Å². The van der Waals surface area contributed by atoms with Crippen molar-refractivity contribution in [3.05, 3.63) is 90.2 Å². The minimum atomic E-state index is -0.378. The average molecular weight is 537 g/mol. The minimum absolute atomic E-state index is 0.0840. The lowest BCUT2D eigenvalue weighted by molar-refractivity contribution is -0.117. The van der Waals surface area contributed by atoms with E-state index in [1.807, 2.05) is 42.5 Å². The number of urea groups is 1. The largest absolute Gasteiger partial charge is 0.349 e. The number of hydrogen-bond acceptors (Lipinski definition) is 6. The first-order valence-electron chi connectivity index (χ1n) is 12.5. The smallest absolute Gasteiger partial charge is 0.331 e. The number of hydrogen-bond donors (Lipinski definition) is 3. The first kappa shape index (κ1) is 24.5. The number of aromatic nitrogens is 2. The summed E-state index contributed by atoms with van der Waals surface area (Å²) in [5.74, 6) is -0.567. The molecule has 0 spiro atoms. The summed E-state index contributed by atoms with van der Waals surface area (Å²) >= 11 is 1.23. The number of pyridine rings is 2. The number of nitrogens with one attached hydrogen (secondary N) is 3. The average Bonchev–Trinajstić information content (AvgIpc) is 3.33. The molecule has 9 nitrogen and oxygen atoms in total. The molecule has 3 aromatic heterocycles. The van der Waals surface area contributed by atoms with Crippen LogP contribution < -0.4 is 20.9 Å². The highest BCUT2D eigenvalue weighted by Crippen LogP contribution is 2.46. The van der Waals surface area contributed by atoms with E-state index in [1.54, 1.807) is 29.4 Å². The second-order valence-electron chi connectivity index (χ2n) is 9.22. The van der Waals surface area contributed by atoms with Gasteiger partial charge in [-0.3, -0.25) is 19.5 Å². The number of benzene rings is 1. The summed E-state index contributed by atoms with van der Waals surface area (Å²) in [5.41, 5.74) is 4.15. The quantitative estimate of drug-likeness (QED) is 0.281. The summed E-state index contributed by atoms with van der Waals surface area (Å²) in [4.78, 5) is 50.1. The van der Waals surface area contributed by atoms with Gasteiger partial charge in [0.15, 0.2) is 0 Å². The van der Waals surface area contributed by atoms with Crippen molar-refractivity contribution < 1.29 is 14.4 Å². The second-order valence-corrected chi connectivity index (χ2v) is 10.2. The Kier molecular flexibility index (Phi) is 6.37. The van der Waals surface area contributed by atoms with Gasteiger partial charge in [-0.2, -0.15) is 0 Å². The molecule has 0 saturated carbocycles. The molecule has 3 N–H and O–H groups in total. The summed E-state index contributed by atoms with van der Waals surface area (Å²) in [6, 6.07) is 14.7. The summed E-state index contributed by atoms with van der Waals surface area (Å²) in [6.07, 6.45) is 8.53. The third-order valence-electron chi connectivity index (χ3n) is 6.70. The molecule has 4 amide bonds. The second kappa shape index (κ2) is 10.1. The molecule has 194 valence electrons. The van der Waals surface area contributed by atoms with E-state index < -0.39 is 0 Å². The monoisotopic (exact) mass is 536 g/mol. The van der Waals surface area contributed by atoms with Gasteiger partial charge in [0.2, 0.25) is 5.91 Å². The van der Waals surface area contributed by atoms with Crippen LogP contribution in [0.5, 0.6) is 0 Å². The van der Waals surface area contributed by atoms with Gasteiger partial charge < -0.3 is 16.0 Å². The van der Waals surface area contributed by atoms with Crippen molar-refractivity contribution in [2.75, 3.05) is 10.2 Å². The number of thiophene rings is 1. The van der Waals surface area contributed by atoms with Gasteiger partial charge in [0, 0.05) is 36.1 Å². The fraction of sp³-hybridized carbons (Fsp3) is 0.138. The third kappa shape index (κ3) is 4.66. The minimum Gasteiger partial charge on any atom is -0.349 e. The predicted molar refractivity (Wildman–Crippen MR) is 152 cm³/mol. The molecule has 4 aromatic rings. The molecule has 0 unspecified atom stereocenters. The summed E-state index contributed by atoms with van der Waals surface area (Å²) in [7, 11) is 0. The van der Waals surface area contributed by atoms with Gasteiger partial charge in [0.25, 0.3) is 5.91 Å². The van der Waals surface area contributed by atoms with Crippen LogP contribution in [0.2, 0.25) is 0 Å². The Bertz CT molecular complexity index is 1660. The predicted octanol–water partition coefficient (Wildman–Crippen LogP) is 5.51. The zero-order valence-electron chi connectivity index (χ0n) is 20.8. The molecule has 0 radical (unpaired) electrons. The van der Waals surface area contributed by atoms with Gasteiger partial charge in [-0.1, -0.05) is 43.0 Å². The van der Waals surface area contributed by atoms with Crippen LogP contribution in [0, 0.1) is 0 Å². The van der Waals surface area contributed by atoms with E-state index in [0.29, 0.717) is 38.6 Å². The molecule has 0 bridgehead atoms. The van der Waals surface area contributed by atoms with Crippen molar-refractivity contribution in [2.24, 2.45) is 0 Å². The summed E-state index contributed by atoms with van der Waals surface area (Å²) in [5, 5.41) is 9.50. The van der Waals surface area contributed by atoms with E-state index in [0.717, 1.165) is 29.8 Å². The molecular weight excluding hydrogens is 512 g/mol. The Morgan fingerprint density at radius 1 is 1.13 bits per heavy atom. The highest BCUT2D eigenvalue weighted by atomic mass is 32.1. The number of allylic oxidation sites excluding steroid dienone is 1. The SMILES string of the molecule is C=CC(=O)N[C@@H]1CCC=C(NC(=O)c2sc3nccc4c3c2NC(=O)N4c2ccnc(-c3ccccc3)c2)C1. The van der Waals surface area contributed by atoms with Crippen LogP contribution in [0.4, 0.5) is 21.9 Å². The molecule has 4 heterocycles. The highest BCUT2D eigenvalue weighted by Gasteiger charge is 2.33. The number of anilines is 3. The summed E-state index contributed by atoms with van der Waals surface area (Å²) < 4.78 is 0. The Morgan fingerprint density at radius 2 is 1.95 bits per heavy atom. The molecule has 39 heavy (non-hydrogen) atoms. The molecule has 1 aliphatic carbocycles. The number of rotatable bonds is 6. The maximum atomic E-state index is 13.5. The van der Waals surface area contributed by atoms with Gasteiger partial charge in [0.1, 0.15) is 9.71 Å². The molecule has 0 saturated heterocycles. The lowest BCUT2D eigenvalue weighted by Crippen LogP contribution is -2.38. The molecular formula is C29H24N6O3S. The topological polar surface area (TPSA) is 116 Å². The van der Waals surface area contributed by atoms with Crippen molar-refractivity contribution in [3.8, 4) is 11.3 Å². The third-order valence-corrected chi connectivity index (χ3v) is 7.80. The van der Waals surface area contributed by atoms with Crippen molar-refractivity contribution in [3.63, 3.8) is 0 Å². The standard InChI is InChI=1S/C29H24N6O3S/c1-2-23(36)32-18-9-6-10-19(15-18)33-27(37)26-25-24-22(12-14-31-28(24)39-26)35(29(38)34-25)20-11-13-30-21(16-20)17-7-4-3-5-8-17/h2-5,7-8,10-14,16,18H,1,6,9,15H2,(H,32,36)(H,33,37)(H,34,38)/t18-/m1/s1. The van der Waals surface area contributed by atoms with Crippen LogP contribution >= 0.6 is 11.3 Å². The van der Waals surface area contributed by atoms with E-state index in [1.165, 1.54) is 17.4 Å². The Labute approximate surface area is 228 Å². The zero-order chi connectivity index (χ0) is 26.9. The fourth-order valence-corrected chi connectivity index (χ4v) is 5.94. The molecule has 0 fully saturated rings. The number of nitrogens with zero attached hydrogens (tertiary/aromatic N) is 3. The van der Waals surface area contributed by atoms with E-state index >= 15 is 0 Å². The lowest BCUT2D eigenvalue weighted by Gasteiger charge is -2.28. The number of carbonyl (C=O) groups is 3. The van der Waals surface area contributed by atoms with Crippen LogP contribution in [0.15, 0.2) is 85.4 Å². The summed E-state index contributed by atoms with van der Waals surface area (Å²) in [6.45, 7) is 3.49. The van der Waals surface area contributed by atoms with Crippen LogP contribution in [0.3, 0.4) is 0 Å². The Hall–Kier alpha value is -4.83. The molecule has 10 heteroatoms. The Morgan fingerprint density at radius 3 is 2.77 bits per heavy atom. The van der Waals surface area contributed by atoms with Gasteiger partial charge in [-0.25, -0.2) is 9.78 Å². The van der Waals surface area contributed by atoms with Crippen molar-refractivity contribution in [1.29, 1.82) is 0 Å². The zero-order valence-corrected chi connectivity index (χ0v) is 21.6. The number of amides is 4. The van der Waals surface area contributed by atoms with E-state index in [4.69, 9.17) is 0 Å². The van der Waals surface area contributed by atoms with Crippen LogP contribution in [0.25, 0.3) is 21.5 Å². The molecule has 1 aromatic carbocycles. The van der Waals surface area contributed by atoms with Crippen LogP contribution in [-0.4, -0.2) is 33.9 Å². The molecule has 6 rings (SSSR count). The maximum Gasteiger partial charge on any atom is 0.331 e. The van der Waals surface area contributed by atoms with E-state index in [-0.39, 0.29) is 23.9 Å². The van der Waals surface area contributed by atoms with Crippen molar-refractivity contribution in [2.45, 2.75) is 25.3 Å². The van der Waals surface area contributed by atoms with Gasteiger partial charge >= 0.3 is 6.03 Å². The normalized spacial score (nSPS) is 16.3. The van der Waals surface area contributed by atoms with Crippen LogP contribution in [-0.2, 0) is 4.79 Å². The first-order valence-corrected chi connectivity index (χ1v) is 13.3. The Balaban J connectivity index is 1.31. The van der Waals surface area contributed by atoms with E-state index in [2.05, 4.69) is 32.5 Å². The molecule has 2 aliphatic rings. The molecule has 1 atom stereocenters. The van der Waals surface area contributed by atoms with Gasteiger partial charge in [-0.15, -0.1) is 11.3 Å². The van der Waals surface area contributed by atoms with Gasteiger partial charge in [-0.05, 0) is 37.1 Å². The van der Waals surface area contributed by atoms with Crippen LogP contribution in [0.1, 0.15) is 28.9 Å². The maximum absolute atomic E-state index is 13.5. The lowest BCUT2D eigenvalue weighted by atomic mass is 9.98.